The molecule has 0 aliphatic carbocycles. The van der Waals surface area contributed by atoms with Gasteiger partial charge in [0.2, 0.25) is 0 Å². The highest BCUT2D eigenvalue weighted by molar-refractivity contribution is 5.56. The summed E-state index contributed by atoms with van der Waals surface area (Å²) in [6, 6.07) is 7.64. The highest BCUT2D eigenvalue weighted by Gasteiger charge is 2.22. The SMILES string of the molecule is COc1ccc(C2COC(C=O)CO2)cc1. The molecule has 1 aromatic rings. The first-order valence-corrected chi connectivity index (χ1v) is 5.16. The van der Waals surface area contributed by atoms with Crippen molar-refractivity contribution in [1.82, 2.24) is 0 Å². The van der Waals surface area contributed by atoms with Gasteiger partial charge in [0.25, 0.3) is 0 Å². The van der Waals surface area contributed by atoms with Crippen LogP contribution in [0.3, 0.4) is 0 Å². The van der Waals surface area contributed by atoms with Crippen molar-refractivity contribution in [2.45, 2.75) is 12.2 Å². The average molecular weight is 222 g/mol. The zero-order valence-corrected chi connectivity index (χ0v) is 9.09. The topological polar surface area (TPSA) is 44.8 Å². The molecule has 1 aliphatic rings. The zero-order chi connectivity index (χ0) is 11.4. The summed E-state index contributed by atoms with van der Waals surface area (Å²) in [5, 5.41) is 0. The Bertz CT molecular complexity index is 339. The fourth-order valence-corrected chi connectivity index (χ4v) is 1.61. The Morgan fingerprint density at radius 3 is 2.50 bits per heavy atom. The number of rotatable bonds is 3. The molecule has 4 nitrogen and oxygen atoms in total. The Morgan fingerprint density at radius 2 is 2.00 bits per heavy atom. The third-order valence-electron chi connectivity index (χ3n) is 2.56. The first-order valence-electron chi connectivity index (χ1n) is 5.16. The van der Waals surface area contributed by atoms with Gasteiger partial charge >= 0.3 is 0 Å². The van der Waals surface area contributed by atoms with Crippen LogP contribution in [0.2, 0.25) is 0 Å². The van der Waals surface area contributed by atoms with Crippen LogP contribution in [0.4, 0.5) is 0 Å². The van der Waals surface area contributed by atoms with Gasteiger partial charge in [-0.15, -0.1) is 0 Å². The Hall–Kier alpha value is -1.39. The maximum atomic E-state index is 10.5. The van der Waals surface area contributed by atoms with Crippen LogP contribution in [0.1, 0.15) is 11.7 Å². The van der Waals surface area contributed by atoms with Crippen molar-refractivity contribution in [2.75, 3.05) is 20.3 Å². The summed E-state index contributed by atoms with van der Waals surface area (Å²) in [5.41, 5.74) is 1.03. The van der Waals surface area contributed by atoms with E-state index in [9.17, 15) is 4.79 Å². The summed E-state index contributed by atoms with van der Waals surface area (Å²) in [4.78, 5) is 10.5. The van der Waals surface area contributed by atoms with E-state index in [0.29, 0.717) is 13.2 Å². The third-order valence-corrected chi connectivity index (χ3v) is 2.56. The molecule has 0 aromatic heterocycles. The van der Waals surface area contributed by atoms with Gasteiger partial charge in [-0.25, -0.2) is 0 Å². The number of methoxy groups -OCH3 is 1. The summed E-state index contributed by atoms with van der Waals surface area (Å²) >= 11 is 0. The molecule has 1 aromatic carbocycles. The lowest BCUT2D eigenvalue weighted by Crippen LogP contribution is -2.31. The van der Waals surface area contributed by atoms with Gasteiger partial charge in [-0.2, -0.15) is 0 Å². The summed E-state index contributed by atoms with van der Waals surface area (Å²) in [6.45, 7) is 0.732. The van der Waals surface area contributed by atoms with Crippen molar-refractivity contribution in [3.63, 3.8) is 0 Å². The lowest BCUT2D eigenvalue weighted by Gasteiger charge is -2.26. The minimum Gasteiger partial charge on any atom is -0.497 e. The monoisotopic (exact) mass is 222 g/mol. The second kappa shape index (κ2) is 5.09. The van der Waals surface area contributed by atoms with E-state index in [0.717, 1.165) is 17.6 Å². The van der Waals surface area contributed by atoms with Crippen LogP contribution >= 0.6 is 0 Å². The standard InChI is InChI=1S/C12H14O4/c1-14-10-4-2-9(3-5-10)12-8-15-11(6-13)7-16-12/h2-6,11-12H,7-8H2,1H3. The van der Waals surface area contributed by atoms with Crippen molar-refractivity contribution in [1.29, 1.82) is 0 Å². The molecular weight excluding hydrogens is 208 g/mol. The maximum absolute atomic E-state index is 10.5. The zero-order valence-electron chi connectivity index (χ0n) is 9.09. The van der Waals surface area contributed by atoms with E-state index < -0.39 is 6.10 Å². The van der Waals surface area contributed by atoms with Gasteiger partial charge in [-0.05, 0) is 17.7 Å². The van der Waals surface area contributed by atoms with Gasteiger partial charge in [-0.1, -0.05) is 12.1 Å². The molecule has 0 N–H and O–H groups in total. The highest BCUT2D eigenvalue weighted by Crippen LogP contribution is 2.24. The second-order valence-electron chi connectivity index (χ2n) is 3.60. The van der Waals surface area contributed by atoms with E-state index in [2.05, 4.69) is 0 Å². The number of hydrogen-bond donors (Lipinski definition) is 0. The van der Waals surface area contributed by atoms with Crippen molar-refractivity contribution >= 4 is 6.29 Å². The second-order valence-corrected chi connectivity index (χ2v) is 3.60. The highest BCUT2D eigenvalue weighted by atomic mass is 16.6. The Kier molecular flexibility index (Phi) is 3.54. The number of carbonyl (C=O) groups is 1. The van der Waals surface area contributed by atoms with E-state index in [1.165, 1.54) is 0 Å². The molecule has 0 saturated carbocycles. The van der Waals surface area contributed by atoms with Crippen LogP contribution in [-0.2, 0) is 14.3 Å². The minimum atomic E-state index is -0.422. The van der Waals surface area contributed by atoms with Crippen molar-refractivity contribution in [3.8, 4) is 5.75 Å². The number of benzene rings is 1. The fourth-order valence-electron chi connectivity index (χ4n) is 1.61. The lowest BCUT2D eigenvalue weighted by atomic mass is 10.1. The molecule has 86 valence electrons. The molecule has 1 fully saturated rings. The quantitative estimate of drug-likeness (QED) is 0.724. The minimum absolute atomic E-state index is 0.0953. The average Bonchev–Trinajstić information content (AvgIpc) is 2.39. The molecule has 0 spiro atoms. The van der Waals surface area contributed by atoms with E-state index in [1.54, 1.807) is 7.11 Å². The predicted octanol–water partition coefficient (Wildman–Crippen LogP) is 1.35. The Morgan fingerprint density at radius 1 is 1.25 bits per heavy atom. The molecule has 1 aliphatic heterocycles. The number of ether oxygens (including phenoxy) is 3. The van der Waals surface area contributed by atoms with Crippen LogP contribution in [-0.4, -0.2) is 32.7 Å². The van der Waals surface area contributed by atoms with Crippen molar-refractivity contribution in [3.05, 3.63) is 29.8 Å². The summed E-state index contributed by atoms with van der Waals surface area (Å²) < 4.78 is 15.9. The Labute approximate surface area is 94.1 Å². The van der Waals surface area contributed by atoms with Gasteiger partial charge in [0.05, 0.1) is 20.3 Å². The number of hydrogen-bond acceptors (Lipinski definition) is 4. The molecule has 0 radical (unpaired) electrons. The van der Waals surface area contributed by atoms with Crippen LogP contribution in [0, 0.1) is 0 Å². The molecule has 4 heteroatoms. The molecule has 0 amide bonds. The Balaban J connectivity index is 1.99. The van der Waals surface area contributed by atoms with E-state index in [4.69, 9.17) is 14.2 Å². The molecule has 2 rings (SSSR count). The summed E-state index contributed by atoms with van der Waals surface area (Å²) in [5.74, 6) is 0.811. The smallest absolute Gasteiger partial charge is 0.151 e. The predicted molar refractivity (Wildman–Crippen MR) is 57.5 cm³/mol. The number of aldehydes is 1. The largest absolute Gasteiger partial charge is 0.497 e. The molecule has 1 saturated heterocycles. The van der Waals surface area contributed by atoms with Crippen LogP contribution in [0.5, 0.6) is 5.75 Å². The van der Waals surface area contributed by atoms with Gasteiger partial charge in [-0.3, -0.25) is 0 Å². The van der Waals surface area contributed by atoms with Crippen molar-refractivity contribution in [2.24, 2.45) is 0 Å². The molecule has 0 bridgehead atoms. The lowest BCUT2D eigenvalue weighted by molar-refractivity contribution is -0.149. The third kappa shape index (κ3) is 2.40. The summed E-state index contributed by atoms with van der Waals surface area (Å²) in [7, 11) is 1.63. The molecule has 16 heavy (non-hydrogen) atoms. The van der Waals surface area contributed by atoms with Crippen molar-refractivity contribution < 1.29 is 19.0 Å². The molecule has 2 atom stereocenters. The maximum Gasteiger partial charge on any atom is 0.151 e. The normalized spacial score (nSPS) is 25.1. The summed E-state index contributed by atoms with van der Waals surface area (Å²) in [6.07, 6.45) is 0.251. The van der Waals surface area contributed by atoms with Gasteiger partial charge in [0.15, 0.2) is 6.29 Å². The van der Waals surface area contributed by atoms with Gasteiger partial charge < -0.3 is 19.0 Å². The molecular formula is C12H14O4. The molecule has 2 unspecified atom stereocenters. The first kappa shape index (κ1) is 11.1. The van der Waals surface area contributed by atoms with Gasteiger partial charge in [0.1, 0.15) is 18.0 Å². The number of carbonyl (C=O) groups excluding carboxylic acids is 1. The fraction of sp³-hybridized carbons (Fsp3) is 0.417. The molecule has 1 heterocycles. The van der Waals surface area contributed by atoms with E-state index in [-0.39, 0.29) is 6.10 Å². The van der Waals surface area contributed by atoms with E-state index >= 15 is 0 Å². The van der Waals surface area contributed by atoms with Gasteiger partial charge in [0, 0.05) is 0 Å². The van der Waals surface area contributed by atoms with Crippen LogP contribution < -0.4 is 4.74 Å². The van der Waals surface area contributed by atoms with E-state index in [1.807, 2.05) is 24.3 Å². The van der Waals surface area contributed by atoms with Crippen LogP contribution in [0.25, 0.3) is 0 Å². The van der Waals surface area contributed by atoms with Crippen LogP contribution in [0.15, 0.2) is 24.3 Å². The first-order chi connectivity index (χ1) is 7.83.